The SMILES string of the molecule is C=C(/C=C\C)CCCC(=O)C1=C(N2CCC(F)(F)C(C)C2)NCC(C(C)(F)F)=C1C1CC1. The molecule has 1 N–H and O–H groups in total. The van der Waals surface area contributed by atoms with Gasteiger partial charge in [0, 0.05) is 50.9 Å². The van der Waals surface area contributed by atoms with E-state index in [9.17, 15) is 22.4 Å². The molecule has 0 bridgehead atoms. The molecule has 0 amide bonds. The monoisotopic (exact) mass is 454 g/mol. The van der Waals surface area contributed by atoms with Crippen LogP contribution in [0.2, 0.25) is 0 Å². The maximum Gasteiger partial charge on any atom is 0.268 e. The van der Waals surface area contributed by atoms with Crippen molar-refractivity contribution in [3.05, 3.63) is 46.8 Å². The lowest BCUT2D eigenvalue weighted by Crippen LogP contribution is -2.50. The van der Waals surface area contributed by atoms with Gasteiger partial charge >= 0.3 is 0 Å². The quantitative estimate of drug-likeness (QED) is 0.342. The van der Waals surface area contributed by atoms with Gasteiger partial charge in [0.1, 0.15) is 5.82 Å². The van der Waals surface area contributed by atoms with E-state index in [0.29, 0.717) is 29.8 Å². The molecule has 0 aromatic carbocycles. The number of ketones is 1. The van der Waals surface area contributed by atoms with Crippen molar-refractivity contribution in [3.8, 4) is 0 Å². The Bertz CT molecular complexity index is 846. The highest BCUT2D eigenvalue weighted by Crippen LogP contribution is 2.48. The van der Waals surface area contributed by atoms with Crippen molar-refractivity contribution >= 4 is 5.78 Å². The largest absolute Gasteiger partial charge is 0.367 e. The second-order valence-electron chi connectivity index (χ2n) is 9.43. The maximum absolute atomic E-state index is 14.5. The first-order chi connectivity index (χ1) is 15.0. The van der Waals surface area contributed by atoms with Crippen molar-refractivity contribution in [1.82, 2.24) is 10.2 Å². The average Bonchev–Trinajstić information content (AvgIpc) is 3.53. The molecule has 7 heteroatoms. The molecule has 1 saturated heterocycles. The van der Waals surface area contributed by atoms with Gasteiger partial charge in [0.25, 0.3) is 11.8 Å². The van der Waals surface area contributed by atoms with E-state index in [0.717, 1.165) is 25.3 Å². The van der Waals surface area contributed by atoms with E-state index in [4.69, 9.17) is 0 Å². The van der Waals surface area contributed by atoms with Crippen LogP contribution < -0.4 is 5.32 Å². The summed E-state index contributed by atoms with van der Waals surface area (Å²) in [6.45, 7) is 8.30. The third kappa shape index (κ3) is 5.46. The second-order valence-corrected chi connectivity index (χ2v) is 9.43. The molecule has 3 aliphatic rings. The van der Waals surface area contributed by atoms with E-state index in [1.165, 1.54) is 6.92 Å². The van der Waals surface area contributed by atoms with E-state index >= 15 is 0 Å². The summed E-state index contributed by atoms with van der Waals surface area (Å²) in [5.41, 5.74) is 1.61. The summed E-state index contributed by atoms with van der Waals surface area (Å²) in [7, 11) is 0. The highest BCUT2D eigenvalue weighted by atomic mass is 19.3. The Labute approximate surface area is 188 Å². The Balaban J connectivity index is 1.95. The molecule has 3 nitrogen and oxygen atoms in total. The molecule has 0 aromatic heterocycles. The molecule has 1 atom stereocenters. The molecule has 0 aromatic rings. The maximum atomic E-state index is 14.5. The van der Waals surface area contributed by atoms with Gasteiger partial charge in [-0.3, -0.25) is 4.79 Å². The lowest BCUT2D eigenvalue weighted by molar-refractivity contribution is -0.115. The Morgan fingerprint density at radius 1 is 1.31 bits per heavy atom. The van der Waals surface area contributed by atoms with Gasteiger partial charge in [0.05, 0.1) is 5.57 Å². The minimum atomic E-state index is -3.05. The third-order valence-corrected chi connectivity index (χ3v) is 6.61. The Kier molecular flexibility index (Phi) is 7.25. The molecular formula is C25H34F4N2O. The minimum absolute atomic E-state index is 0.0409. The number of halogens is 4. The molecule has 1 unspecified atom stereocenters. The van der Waals surface area contributed by atoms with Gasteiger partial charge in [-0.2, -0.15) is 0 Å². The summed E-state index contributed by atoms with van der Waals surface area (Å²) < 4.78 is 57.1. The number of allylic oxidation sites excluding steroid dienone is 5. The summed E-state index contributed by atoms with van der Waals surface area (Å²) >= 11 is 0. The zero-order valence-electron chi connectivity index (χ0n) is 19.2. The van der Waals surface area contributed by atoms with Gasteiger partial charge in [-0.05, 0) is 44.1 Å². The number of hydrogen-bond acceptors (Lipinski definition) is 3. The average molecular weight is 455 g/mol. The summed E-state index contributed by atoms with van der Waals surface area (Å²) in [4.78, 5) is 15.2. The van der Waals surface area contributed by atoms with Gasteiger partial charge in [0.15, 0.2) is 5.78 Å². The lowest BCUT2D eigenvalue weighted by atomic mass is 9.85. The van der Waals surface area contributed by atoms with Crippen LogP contribution in [0.25, 0.3) is 0 Å². The predicted molar refractivity (Wildman–Crippen MR) is 119 cm³/mol. The zero-order valence-corrected chi connectivity index (χ0v) is 19.2. The molecule has 0 spiro atoms. The number of piperidine rings is 1. The van der Waals surface area contributed by atoms with Crippen molar-refractivity contribution in [2.75, 3.05) is 19.6 Å². The van der Waals surface area contributed by atoms with E-state index in [2.05, 4.69) is 11.9 Å². The van der Waals surface area contributed by atoms with Crippen molar-refractivity contribution in [2.24, 2.45) is 11.8 Å². The molecule has 2 fully saturated rings. The van der Waals surface area contributed by atoms with Gasteiger partial charge in [-0.15, -0.1) is 0 Å². The number of dihydropyridines is 1. The number of rotatable bonds is 9. The molecule has 2 heterocycles. The molecule has 178 valence electrons. The number of Topliss-reactive ketones (excluding diaryl/α,β-unsaturated/α-hetero) is 1. The highest BCUT2D eigenvalue weighted by Gasteiger charge is 2.46. The van der Waals surface area contributed by atoms with Gasteiger partial charge in [-0.1, -0.05) is 31.2 Å². The molecule has 3 rings (SSSR count). The fourth-order valence-corrected chi connectivity index (χ4v) is 4.61. The predicted octanol–water partition coefficient (Wildman–Crippen LogP) is 6.01. The summed E-state index contributed by atoms with van der Waals surface area (Å²) in [5.74, 6) is -6.50. The Hall–Kier alpha value is -2.05. The molecule has 0 radical (unpaired) electrons. The topological polar surface area (TPSA) is 32.3 Å². The fraction of sp³-hybridized carbons (Fsp3) is 0.640. The van der Waals surface area contributed by atoms with Crippen molar-refractivity contribution < 1.29 is 22.4 Å². The van der Waals surface area contributed by atoms with E-state index in [-0.39, 0.29) is 49.8 Å². The van der Waals surface area contributed by atoms with Crippen LogP contribution in [0.4, 0.5) is 17.6 Å². The van der Waals surface area contributed by atoms with Gasteiger partial charge in [-0.25, -0.2) is 17.6 Å². The Morgan fingerprint density at radius 2 is 2.00 bits per heavy atom. The van der Waals surface area contributed by atoms with Crippen LogP contribution in [-0.2, 0) is 4.79 Å². The van der Waals surface area contributed by atoms with Crippen molar-refractivity contribution in [1.29, 1.82) is 0 Å². The summed E-state index contributed by atoms with van der Waals surface area (Å²) in [6.07, 6.45) is 6.39. The smallest absolute Gasteiger partial charge is 0.268 e. The van der Waals surface area contributed by atoms with E-state index in [1.807, 2.05) is 19.1 Å². The number of likely N-dealkylation sites (tertiary alicyclic amines) is 1. The molecule has 2 aliphatic heterocycles. The lowest BCUT2D eigenvalue weighted by Gasteiger charge is -2.42. The van der Waals surface area contributed by atoms with Crippen LogP contribution in [0.3, 0.4) is 0 Å². The van der Waals surface area contributed by atoms with Crippen LogP contribution >= 0.6 is 0 Å². The Morgan fingerprint density at radius 3 is 2.56 bits per heavy atom. The van der Waals surface area contributed by atoms with Crippen molar-refractivity contribution in [3.63, 3.8) is 0 Å². The molecular weight excluding hydrogens is 420 g/mol. The highest BCUT2D eigenvalue weighted by molar-refractivity contribution is 6.01. The van der Waals surface area contributed by atoms with Crippen LogP contribution in [0.5, 0.6) is 0 Å². The van der Waals surface area contributed by atoms with Crippen LogP contribution in [0, 0.1) is 11.8 Å². The molecule has 32 heavy (non-hydrogen) atoms. The number of alkyl halides is 4. The van der Waals surface area contributed by atoms with Crippen LogP contribution in [0.1, 0.15) is 59.3 Å². The first-order valence-corrected chi connectivity index (χ1v) is 11.5. The van der Waals surface area contributed by atoms with Gasteiger partial charge in [0.2, 0.25) is 0 Å². The standard InChI is InChI=1S/C25H34F4N2O/c1-5-7-16(2)8-6-9-20(32)22-21(18-10-11-18)19(24(4,26)27)14-30-23(22)31-13-12-25(28,29)17(3)15-31/h5,7,17-18,30H,2,6,8-15H2,1,3-4H3/b7-5-. The first kappa shape index (κ1) is 24.6. The first-order valence-electron chi connectivity index (χ1n) is 11.5. The van der Waals surface area contributed by atoms with Crippen molar-refractivity contribution in [2.45, 2.75) is 71.1 Å². The second kappa shape index (κ2) is 9.44. The fourth-order valence-electron chi connectivity index (χ4n) is 4.61. The van der Waals surface area contributed by atoms with Crippen LogP contribution in [0.15, 0.2) is 46.8 Å². The third-order valence-electron chi connectivity index (χ3n) is 6.61. The number of nitrogens with zero attached hydrogens (tertiary/aromatic N) is 1. The normalized spacial score (nSPS) is 24.2. The molecule has 1 aliphatic carbocycles. The number of hydrogen-bond donors (Lipinski definition) is 1. The number of carbonyl (C=O) groups excluding carboxylic acids is 1. The van der Waals surface area contributed by atoms with Gasteiger partial charge < -0.3 is 10.2 Å². The summed E-state index contributed by atoms with van der Waals surface area (Å²) in [5, 5.41) is 3.03. The minimum Gasteiger partial charge on any atom is -0.367 e. The van der Waals surface area contributed by atoms with E-state index in [1.54, 1.807) is 4.90 Å². The zero-order chi connectivity index (χ0) is 23.7. The number of nitrogens with one attached hydrogen (secondary N) is 1. The van der Waals surface area contributed by atoms with E-state index < -0.39 is 17.8 Å². The summed E-state index contributed by atoms with van der Waals surface area (Å²) in [6, 6.07) is 0. The van der Waals surface area contributed by atoms with Crippen LogP contribution in [-0.4, -0.2) is 42.2 Å². The molecule has 1 saturated carbocycles. The number of carbonyl (C=O) groups is 1.